The van der Waals surface area contributed by atoms with Gasteiger partial charge in [-0.25, -0.2) is 0 Å². The van der Waals surface area contributed by atoms with Gasteiger partial charge in [-0.1, -0.05) is 13.3 Å². The maximum atomic E-state index is 9.64. The van der Waals surface area contributed by atoms with Gasteiger partial charge in [-0.05, 0) is 25.7 Å². The molecule has 0 saturated heterocycles. The third-order valence-electron chi connectivity index (χ3n) is 2.98. The minimum Gasteiger partial charge on any atom is -0.396 e. The molecule has 0 bridgehead atoms. The van der Waals surface area contributed by atoms with E-state index in [-0.39, 0.29) is 13.0 Å². The second-order valence-electron chi connectivity index (χ2n) is 4.61. The van der Waals surface area contributed by atoms with Crippen LogP contribution in [0.15, 0.2) is 0 Å². The number of unbranched alkanes of at least 4 members (excludes halogenated alkanes) is 1. The first-order valence-corrected chi connectivity index (χ1v) is 6.46. The molecule has 18 heavy (non-hydrogen) atoms. The van der Waals surface area contributed by atoms with Crippen LogP contribution in [0.2, 0.25) is 0 Å². The molecule has 0 aliphatic carbocycles. The second kappa shape index (κ2) is 9.66. The smallest absolute Gasteiger partial charge is 0.111 e. The van der Waals surface area contributed by atoms with Gasteiger partial charge in [-0.15, -0.1) is 0 Å². The van der Waals surface area contributed by atoms with Crippen molar-refractivity contribution in [2.45, 2.75) is 69.5 Å². The summed E-state index contributed by atoms with van der Waals surface area (Å²) in [6.45, 7) is 1.83. The molecule has 0 heterocycles. The number of hydrogen-bond donors (Lipinski definition) is 6. The Labute approximate surface area is 108 Å². The van der Waals surface area contributed by atoms with E-state index in [1.54, 1.807) is 0 Å². The van der Waals surface area contributed by atoms with Gasteiger partial charge in [0, 0.05) is 6.61 Å². The van der Waals surface area contributed by atoms with Crippen molar-refractivity contribution in [1.82, 2.24) is 0 Å². The van der Waals surface area contributed by atoms with E-state index < -0.39 is 30.5 Å². The van der Waals surface area contributed by atoms with Gasteiger partial charge in [0.05, 0.1) is 12.2 Å². The van der Waals surface area contributed by atoms with E-state index in [4.69, 9.17) is 5.11 Å². The van der Waals surface area contributed by atoms with Gasteiger partial charge < -0.3 is 30.6 Å². The lowest BCUT2D eigenvalue weighted by Gasteiger charge is -2.29. The quantitative estimate of drug-likeness (QED) is 0.275. The molecular weight excluding hydrogens is 240 g/mol. The Morgan fingerprint density at radius 2 is 1.22 bits per heavy atom. The van der Waals surface area contributed by atoms with Crippen molar-refractivity contribution < 1.29 is 30.6 Å². The largest absolute Gasteiger partial charge is 0.396 e. The topological polar surface area (TPSA) is 121 Å². The number of aliphatic hydroxyl groups is 6. The normalized spacial score (nSPS) is 20.2. The predicted octanol–water partition coefficient (Wildman–Crippen LogP) is -1.25. The minimum absolute atomic E-state index is 0.00318. The molecule has 5 atom stereocenters. The van der Waals surface area contributed by atoms with E-state index in [0.29, 0.717) is 25.7 Å². The van der Waals surface area contributed by atoms with E-state index in [9.17, 15) is 25.5 Å². The first-order chi connectivity index (χ1) is 8.45. The molecule has 0 aromatic carbocycles. The van der Waals surface area contributed by atoms with E-state index in [0.717, 1.165) is 0 Å². The van der Waals surface area contributed by atoms with Crippen molar-refractivity contribution >= 4 is 0 Å². The molecule has 110 valence electrons. The monoisotopic (exact) mass is 266 g/mol. The zero-order valence-electron chi connectivity index (χ0n) is 10.8. The average molecular weight is 266 g/mol. The molecule has 0 aromatic heterocycles. The summed E-state index contributed by atoms with van der Waals surface area (Å²) in [5, 5.41) is 56.5. The highest BCUT2D eigenvalue weighted by Gasteiger charge is 2.33. The van der Waals surface area contributed by atoms with Crippen LogP contribution < -0.4 is 0 Å². The van der Waals surface area contributed by atoms with Crippen molar-refractivity contribution in [2.75, 3.05) is 6.61 Å². The summed E-state index contributed by atoms with van der Waals surface area (Å²) in [7, 11) is 0. The Balaban J connectivity index is 4.17. The predicted molar refractivity (Wildman–Crippen MR) is 65.9 cm³/mol. The van der Waals surface area contributed by atoms with Gasteiger partial charge in [0.25, 0.3) is 0 Å². The summed E-state index contributed by atoms with van der Waals surface area (Å²) in [6.07, 6.45) is -4.70. The molecule has 0 fully saturated rings. The second-order valence-corrected chi connectivity index (χ2v) is 4.61. The summed E-state index contributed by atoms with van der Waals surface area (Å²) < 4.78 is 0. The molecule has 0 aliphatic rings. The summed E-state index contributed by atoms with van der Waals surface area (Å²) >= 11 is 0. The fourth-order valence-corrected chi connectivity index (χ4v) is 1.76. The van der Waals surface area contributed by atoms with Gasteiger partial charge in [0.2, 0.25) is 0 Å². The van der Waals surface area contributed by atoms with E-state index >= 15 is 0 Å². The van der Waals surface area contributed by atoms with Crippen LogP contribution in [-0.4, -0.2) is 67.8 Å². The Morgan fingerprint density at radius 1 is 0.722 bits per heavy atom. The maximum absolute atomic E-state index is 9.64. The molecule has 0 rings (SSSR count). The number of aliphatic hydroxyl groups excluding tert-OH is 6. The van der Waals surface area contributed by atoms with E-state index in [1.165, 1.54) is 0 Å². The van der Waals surface area contributed by atoms with Crippen LogP contribution in [0.1, 0.15) is 39.0 Å². The molecule has 0 aliphatic heterocycles. The van der Waals surface area contributed by atoms with Gasteiger partial charge >= 0.3 is 0 Å². The van der Waals surface area contributed by atoms with Gasteiger partial charge in [0.1, 0.15) is 18.3 Å². The summed E-state index contributed by atoms with van der Waals surface area (Å²) in [5.74, 6) is 0. The zero-order chi connectivity index (χ0) is 14.1. The Morgan fingerprint density at radius 3 is 1.67 bits per heavy atom. The highest BCUT2D eigenvalue weighted by Crippen LogP contribution is 2.14. The molecular formula is C12H26O6. The van der Waals surface area contributed by atoms with Crippen molar-refractivity contribution in [1.29, 1.82) is 0 Å². The van der Waals surface area contributed by atoms with Crippen LogP contribution in [0.3, 0.4) is 0 Å². The molecule has 6 N–H and O–H groups in total. The maximum Gasteiger partial charge on any atom is 0.111 e. The third-order valence-corrected chi connectivity index (χ3v) is 2.98. The highest BCUT2D eigenvalue weighted by atomic mass is 16.4. The van der Waals surface area contributed by atoms with E-state index in [2.05, 4.69) is 0 Å². The average Bonchev–Trinajstić information content (AvgIpc) is 2.36. The fraction of sp³-hybridized carbons (Fsp3) is 1.00. The summed E-state index contributed by atoms with van der Waals surface area (Å²) in [4.78, 5) is 0. The van der Waals surface area contributed by atoms with Crippen LogP contribution >= 0.6 is 0 Å². The Hall–Kier alpha value is -0.240. The lowest BCUT2D eigenvalue weighted by atomic mass is 9.95. The van der Waals surface area contributed by atoms with Crippen LogP contribution in [0.4, 0.5) is 0 Å². The van der Waals surface area contributed by atoms with Crippen LogP contribution in [0.5, 0.6) is 0 Å². The molecule has 0 unspecified atom stereocenters. The van der Waals surface area contributed by atoms with Crippen molar-refractivity contribution in [3.05, 3.63) is 0 Å². The van der Waals surface area contributed by atoms with Crippen molar-refractivity contribution in [3.8, 4) is 0 Å². The fourth-order valence-electron chi connectivity index (χ4n) is 1.76. The lowest BCUT2D eigenvalue weighted by molar-refractivity contribution is -0.135. The molecule has 6 nitrogen and oxygen atoms in total. The molecule has 0 radical (unpaired) electrons. The first kappa shape index (κ1) is 17.8. The molecule has 0 aromatic rings. The van der Waals surface area contributed by atoms with Crippen LogP contribution in [0, 0.1) is 0 Å². The van der Waals surface area contributed by atoms with Crippen molar-refractivity contribution in [2.24, 2.45) is 0 Å². The molecule has 6 heteroatoms. The minimum atomic E-state index is -1.59. The molecule has 0 saturated carbocycles. The van der Waals surface area contributed by atoms with Gasteiger partial charge in [0.15, 0.2) is 0 Å². The van der Waals surface area contributed by atoms with E-state index in [1.807, 2.05) is 6.92 Å². The Kier molecular flexibility index (Phi) is 9.53. The standard InChI is InChI=1S/C12H26O6/c1-2-5-8(14)10(16)12(18)11(17)9(15)6-3-4-7-13/h8-18H,2-7H2,1H3/t8-,9-,10+,11+,12+/m0/s1. The molecule has 0 spiro atoms. The van der Waals surface area contributed by atoms with Gasteiger partial charge in [-0.2, -0.15) is 0 Å². The number of rotatable bonds is 10. The van der Waals surface area contributed by atoms with Crippen LogP contribution in [-0.2, 0) is 0 Å². The zero-order valence-corrected chi connectivity index (χ0v) is 10.8. The number of hydrogen-bond acceptors (Lipinski definition) is 6. The van der Waals surface area contributed by atoms with Crippen LogP contribution in [0.25, 0.3) is 0 Å². The lowest BCUT2D eigenvalue weighted by Crippen LogP contribution is -2.49. The summed E-state index contributed by atoms with van der Waals surface area (Å²) in [5.41, 5.74) is 0. The Bertz CT molecular complexity index is 201. The highest BCUT2D eigenvalue weighted by molar-refractivity contribution is 4.84. The van der Waals surface area contributed by atoms with Gasteiger partial charge in [-0.3, -0.25) is 0 Å². The first-order valence-electron chi connectivity index (χ1n) is 6.46. The summed E-state index contributed by atoms with van der Waals surface area (Å²) in [6, 6.07) is 0. The SMILES string of the molecule is CCC[C@H](O)[C@@H](O)[C@@H](O)[C@H](O)[C@@H](O)CCCCO. The molecule has 0 amide bonds. The third kappa shape index (κ3) is 6.08. The van der Waals surface area contributed by atoms with Crippen molar-refractivity contribution in [3.63, 3.8) is 0 Å².